The van der Waals surface area contributed by atoms with Crippen molar-refractivity contribution in [2.45, 2.75) is 32.9 Å². The van der Waals surface area contributed by atoms with E-state index in [-0.39, 0.29) is 18.4 Å². The molecule has 0 bridgehead atoms. The molecule has 0 fully saturated rings. The molecule has 2 aromatic carbocycles. The summed E-state index contributed by atoms with van der Waals surface area (Å²) < 4.78 is 5.76. The number of aryl methyl sites for hydroxylation is 1. The Morgan fingerprint density at radius 3 is 2.77 bits per heavy atom. The molecule has 2 amide bonds. The third-order valence-electron chi connectivity index (χ3n) is 4.32. The van der Waals surface area contributed by atoms with Crippen LogP contribution in [0.25, 0.3) is 0 Å². The molecule has 0 aliphatic carbocycles. The smallest absolute Gasteiger partial charge is 0.268 e. The van der Waals surface area contributed by atoms with E-state index in [1.807, 2.05) is 50.2 Å². The highest BCUT2D eigenvalue weighted by molar-refractivity contribution is 6.31. The molecule has 0 saturated heterocycles. The molecule has 136 valence electrons. The number of ether oxygens (including phenoxy) is 1. The lowest BCUT2D eigenvalue weighted by atomic mass is 10.1. The van der Waals surface area contributed by atoms with E-state index in [0.29, 0.717) is 29.4 Å². The fourth-order valence-electron chi connectivity index (χ4n) is 2.89. The van der Waals surface area contributed by atoms with E-state index in [4.69, 9.17) is 16.3 Å². The van der Waals surface area contributed by atoms with Crippen LogP contribution in [0.5, 0.6) is 5.75 Å². The molecule has 3 rings (SSSR count). The van der Waals surface area contributed by atoms with Crippen molar-refractivity contribution < 1.29 is 14.3 Å². The fraction of sp³-hybridized carbons (Fsp3) is 0.300. The number of carbonyl (C=O) groups excluding carboxylic acids is 2. The summed E-state index contributed by atoms with van der Waals surface area (Å²) in [5.74, 6) is 0.182. The minimum atomic E-state index is -0.568. The molecule has 1 heterocycles. The predicted molar refractivity (Wildman–Crippen MR) is 102 cm³/mol. The van der Waals surface area contributed by atoms with E-state index >= 15 is 0 Å². The van der Waals surface area contributed by atoms with Crippen LogP contribution in [-0.4, -0.2) is 24.5 Å². The first-order valence-electron chi connectivity index (χ1n) is 8.58. The van der Waals surface area contributed by atoms with Crippen molar-refractivity contribution in [2.24, 2.45) is 0 Å². The van der Waals surface area contributed by atoms with Crippen LogP contribution in [0.1, 0.15) is 24.5 Å². The van der Waals surface area contributed by atoms with Crippen molar-refractivity contribution in [1.29, 1.82) is 0 Å². The number of hydrogen-bond donors (Lipinski definition) is 1. The van der Waals surface area contributed by atoms with Crippen LogP contribution in [-0.2, 0) is 16.1 Å². The van der Waals surface area contributed by atoms with Crippen LogP contribution in [0, 0.1) is 6.92 Å². The lowest BCUT2D eigenvalue weighted by Crippen LogP contribution is -2.49. The van der Waals surface area contributed by atoms with Gasteiger partial charge in [0.1, 0.15) is 12.3 Å². The Balaban J connectivity index is 1.75. The highest BCUT2D eigenvalue weighted by Crippen LogP contribution is 2.35. The first-order valence-corrected chi connectivity index (χ1v) is 8.96. The van der Waals surface area contributed by atoms with Gasteiger partial charge in [0, 0.05) is 11.6 Å². The van der Waals surface area contributed by atoms with E-state index in [9.17, 15) is 9.59 Å². The van der Waals surface area contributed by atoms with Crippen LogP contribution < -0.4 is 15.0 Å². The van der Waals surface area contributed by atoms with Gasteiger partial charge >= 0.3 is 0 Å². The summed E-state index contributed by atoms with van der Waals surface area (Å²) in [4.78, 5) is 26.6. The Kier molecular flexibility index (Phi) is 5.47. The van der Waals surface area contributed by atoms with Crippen molar-refractivity contribution in [3.63, 3.8) is 0 Å². The lowest BCUT2D eigenvalue weighted by Gasteiger charge is -2.33. The molecule has 2 aromatic rings. The van der Waals surface area contributed by atoms with Gasteiger partial charge in [-0.05, 0) is 42.7 Å². The number of nitrogens with one attached hydrogen (secondary N) is 1. The SMILES string of the molecule is CC[C@@H]1Oc2ccc(C)cc2N(CC(=O)NCc2ccccc2Cl)C1=O. The zero-order valence-corrected chi connectivity index (χ0v) is 15.5. The summed E-state index contributed by atoms with van der Waals surface area (Å²) in [5, 5.41) is 3.43. The molecule has 1 N–H and O–H groups in total. The first kappa shape index (κ1) is 18.3. The molecule has 1 aliphatic heterocycles. The van der Waals surface area contributed by atoms with E-state index in [2.05, 4.69) is 5.32 Å². The normalized spacial score (nSPS) is 16.0. The van der Waals surface area contributed by atoms with Crippen molar-refractivity contribution in [2.75, 3.05) is 11.4 Å². The Morgan fingerprint density at radius 1 is 1.27 bits per heavy atom. The van der Waals surface area contributed by atoms with Gasteiger partial charge in [-0.3, -0.25) is 14.5 Å². The molecule has 1 atom stereocenters. The zero-order valence-electron chi connectivity index (χ0n) is 14.8. The van der Waals surface area contributed by atoms with Crippen LogP contribution in [0.2, 0.25) is 5.02 Å². The summed E-state index contributed by atoms with van der Waals surface area (Å²) in [6.07, 6.45) is -0.0225. The minimum Gasteiger partial charge on any atom is -0.478 e. The van der Waals surface area contributed by atoms with Gasteiger partial charge in [0.2, 0.25) is 5.91 Å². The van der Waals surface area contributed by atoms with Crippen LogP contribution in [0.15, 0.2) is 42.5 Å². The largest absolute Gasteiger partial charge is 0.478 e. The van der Waals surface area contributed by atoms with Gasteiger partial charge in [0.15, 0.2) is 6.10 Å². The highest BCUT2D eigenvalue weighted by Gasteiger charge is 2.34. The van der Waals surface area contributed by atoms with Gasteiger partial charge in [0.25, 0.3) is 5.91 Å². The lowest BCUT2D eigenvalue weighted by molar-refractivity contribution is -0.129. The standard InChI is InChI=1S/C20H21ClN2O3/c1-3-17-20(25)23(16-10-13(2)8-9-18(16)26-17)12-19(24)22-11-14-6-4-5-7-15(14)21/h4-10,17H,3,11-12H2,1-2H3,(H,22,24)/t17-/m0/s1. The topological polar surface area (TPSA) is 58.6 Å². The molecule has 26 heavy (non-hydrogen) atoms. The molecule has 6 heteroatoms. The Labute approximate surface area is 157 Å². The summed E-state index contributed by atoms with van der Waals surface area (Å²) in [5.41, 5.74) is 2.46. The summed E-state index contributed by atoms with van der Waals surface area (Å²) >= 11 is 6.11. The highest BCUT2D eigenvalue weighted by atomic mass is 35.5. The number of hydrogen-bond acceptors (Lipinski definition) is 3. The monoisotopic (exact) mass is 372 g/mol. The van der Waals surface area contributed by atoms with Gasteiger partial charge in [-0.25, -0.2) is 0 Å². The molecular weight excluding hydrogens is 352 g/mol. The quantitative estimate of drug-likeness (QED) is 0.874. The van der Waals surface area contributed by atoms with Gasteiger partial charge in [-0.15, -0.1) is 0 Å². The second-order valence-corrected chi connectivity index (χ2v) is 6.69. The molecule has 0 spiro atoms. The number of carbonyl (C=O) groups is 2. The zero-order chi connectivity index (χ0) is 18.7. The van der Waals surface area contributed by atoms with Crippen LogP contribution >= 0.6 is 11.6 Å². The molecular formula is C20H21ClN2O3. The van der Waals surface area contributed by atoms with E-state index in [0.717, 1.165) is 11.1 Å². The maximum atomic E-state index is 12.7. The third kappa shape index (κ3) is 3.83. The Morgan fingerprint density at radius 2 is 2.04 bits per heavy atom. The molecule has 5 nitrogen and oxygen atoms in total. The van der Waals surface area contributed by atoms with Crippen molar-refractivity contribution in [1.82, 2.24) is 5.32 Å². The maximum absolute atomic E-state index is 12.7. The van der Waals surface area contributed by atoms with E-state index in [1.165, 1.54) is 4.90 Å². The minimum absolute atomic E-state index is 0.0560. The third-order valence-corrected chi connectivity index (χ3v) is 4.69. The summed E-state index contributed by atoms with van der Waals surface area (Å²) in [7, 11) is 0. The van der Waals surface area contributed by atoms with E-state index in [1.54, 1.807) is 6.07 Å². The first-order chi connectivity index (χ1) is 12.5. The second kappa shape index (κ2) is 7.79. The number of nitrogens with zero attached hydrogens (tertiary/aromatic N) is 1. The van der Waals surface area contributed by atoms with Crippen LogP contribution in [0.4, 0.5) is 5.69 Å². The number of fused-ring (bicyclic) bond motifs is 1. The molecule has 0 unspecified atom stereocenters. The second-order valence-electron chi connectivity index (χ2n) is 6.28. The van der Waals surface area contributed by atoms with Crippen LogP contribution in [0.3, 0.4) is 0 Å². The molecule has 1 aliphatic rings. The summed E-state index contributed by atoms with van der Waals surface area (Å²) in [6.45, 7) is 4.08. The van der Waals surface area contributed by atoms with Crippen molar-refractivity contribution in [3.05, 3.63) is 58.6 Å². The Hall–Kier alpha value is -2.53. The fourth-order valence-corrected chi connectivity index (χ4v) is 3.09. The molecule has 0 aromatic heterocycles. The predicted octanol–water partition coefficient (Wildman–Crippen LogP) is 3.47. The number of rotatable bonds is 5. The average Bonchev–Trinajstić information content (AvgIpc) is 2.63. The average molecular weight is 373 g/mol. The van der Waals surface area contributed by atoms with Crippen molar-refractivity contribution >= 4 is 29.1 Å². The van der Waals surface area contributed by atoms with Gasteiger partial charge in [-0.1, -0.05) is 42.8 Å². The summed E-state index contributed by atoms with van der Waals surface area (Å²) in [6, 6.07) is 13.0. The Bertz CT molecular complexity index is 838. The number of anilines is 1. The van der Waals surface area contributed by atoms with Gasteiger partial charge in [0.05, 0.1) is 5.69 Å². The maximum Gasteiger partial charge on any atom is 0.268 e. The van der Waals surface area contributed by atoms with Crippen molar-refractivity contribution in [3.8, 4) is 5.75 Å². The van der Waals surface area contributed by atoms with Gasteiger partial charge in [-0.2, -0.15) is 0 Å². The molecule has 0 saturated carbocycles. The number of halogens is 1. The molecule has 0 radical (unpaired) electrons. The van der Waals surface area contributed by atoms with E-state index < -0.39 is 6.10 Å². The van der Waals surface area contributed by atoms with Gasteiger partial charge < -0.3 is 10.1 Å². The number of amides is 2. The number of benzene rings is 2.